The number of hydrogen-bond donors (Lipinski definition) is 0. The van der Waals surface area contributed by atoms with Crippen molar-refractivity contribution in [2.24, 2.45) is 0 Å². The summed E-state index contributed by atoms with van der Waals surface area (Å²) in [7, 11) is 0. The number of nitrogens with zero attached hydrogens (tertiary/aromatic N) is 2. The second-order valence-electron chi connectivity index (χ2n) is 6.42. The number of rotatable bonds is 1. The molecular formula is C16H20N2O3. The van der Waals surface area contributed by atoms with E-state index in [1.54, 1.807) is 6.21 Å². The number of hydroxylamine groups is 1. The zero-order valence-electron chi connectivity index (χ0n) is 12.2. The molecule has 1 unspecified atom stereocenters. The van der Waals surface area contributed by atoms with Gasteiger partial charge in [-0.05, 0) is 24.3 Å². The van der Waals surface area contributed by atoms with E-state index >= 15 is 0 Å². The molecule has 2 aliphatic rings. The van der Waals surface area contributed by atoms with Crippen LogP contribution in [0.25, 0.3) is 0 Å². The van der Waals surface area contributed by atoms with Gasteiger partial charge in [0, 0.05) is 37.0 Å². The zero-order chi connectivity index (χ0) is 15.0. The number of benzene rings is 1. The second-order valence-corrected chi connectivity index (χ2v) is 6.42. The Bertz CT molecular complexity index is 604. The molecule has 5 heteroatoms. The van der Waals surface area contributed by atoms with Crippen molar-refractivity contribution in [1.82, 2.24) is 0 Å². The molecule has 1 fully saturated rings. The minimum atomic E-state index is -0.408. The molecule has 0 N–H and O–H groups in total. The minimum absolute atomic E-state index is 0.0465. The minimum Gasteiger partial charge on any atom is -0.623 e. The van der Waals surface area contributed by atoms with E-state index < -0.39 is 4.92 Å². The summed E-state index contributed by atoms with van der Waals surface area (Å²) in [4.78, 5) is 10.5. The lowest BCUT2D eigenvalue weighted by Crippen LogP contribution is -2.42. The predicted molar refractivity (Wildman–Crippen MR) is 80.7 cm³/mol. The van der Waals surface area contributed by atoms with Gasteiger partial charge in [-0.15, -0.1) is 0 Å². The molecular weight excluding hydrogens is 268 g/mol. The molecule has 1 saturated carbocycles. The first-order chi connectivity index (χ1) is 10.0. The molecule has 1 aromatic rings. The van der Waals surface area contributed by atoms with E-state index in [-0.39, 0.29) is 17.1 Å². The highest BCUT2D eigenvalue weighted by Crippen LogP contribution is 2.41. The summed E-state index contributed by atoms with van der Waals surface area (Å²) in [5.74, 6) is 0.245. The van der Waals surface area contributed by atoms with Crippen LogP contribution in [0.15, 0.2) is 18.2 Å². The zero-order valence-corrected chi connectivity index (χ0v) is 12.2. The first-order valence-corrected chi connectivity index (χ1v) is 7.61. The van der Waals surface area contributed by atoms with Crippen LogP contribution in [0.2, 0.25) is 0 Å². The Hall–Kier alpha value is -1.91. The van der Waals surface area contributed by atoms with E-state index in [9.17, 15) is 15.3 Å². The average Bonchev–Trinajstić information content (AvgIpc) is 2.56. The quantitative estimate of drug-likeness (QED) is 0.342. The highest BCUT2D eigenvalue weighted by Gasteiger charge is 2.43. The molecule has 0 radical (unpaired) electrons. The lowest BCUT2D eigenvalue weighted by Gasteiger charge is -2.35. The number of fused-ring (bicyclic) bond motifs is 1. The fraction of sp³-hybridized carbons (Fsp3) is 0.562. The summed E-state index contributed by atoms with van der Waals surface area (Å²) >= 11 is 0. The molecule has 1 heterocycles. The molecule has 1 aliphatic carbocycles. The monoisotopic (exact) mass is 288 g/mol. The van der Waals surface area contributed by atoms with Crippen LogP contribution in [0.5, 0.6) is 0 Å². The Labute approximate surface area is 124 Å². The Balaban J connectivity index is 2.06. The maximum absolute atomic E-state index is 12.7. The Morgan fingerprint density at radius 1 is 1.29 bits per heavy atom. The molecule has 5 nitrogen and oxygen atoms in total. The molecule has 0 aromatic heterocycles. The van der Waals surface area contributed by atoms with E-state index in [1.165, 1.54) is 18.6 Å². The van der Waals surface area contributed by atoms with Crippen LogP contribution in [0, 0.1) is 15.3 Å². The standard InChI is InChI=1S/C16H20N2O3/c1-12-10-16(7-3-2-4-8-16)17(19)11-13-9-14(18(20)21)5-6-15(12)13/h5-6,9,11-12H,2-4,7-8,10H2,1H3. The largest absolute Gasteiger partial charge is 0.623 e. The molecule has 21 heavy (non-hydrogen) atoms. The number of non-ortho nitro benzene ring substituents is 1. The van der Waals surface area contributed by atoms with Crippen LogP contribution in [0.4, 0.5) is 5.69 Å². The fourth-order valence-electron chi connectivity index (χ4n) is 3.90. The fourth-order valence-corrected chi connectivity index (χ4v) is 3.90. The van der Waals surface area contributed by atoms with Gasteiger partial charge >= 0.3 is 0 Å². The van der Waals surface area contributed by atoms with E-state index in [2.05, 4.69) is 6.92 Å². The molecule has 112 valence electrons. The van der Waals surface area contributed by atoms with E-state index in [0.29, 0.717) is 5.56 Å². The third kappa shape index (κ3) is 2.41. The smallest absolute Gasteiger partial charge is 0.270 e. The number of nitro groups is 1. The van der Waals surface area contributed by atoms with Gasteiger partial charge < -0.3 is 5.21 Å². The first kappa shape index (κ1) is 14.0. The maximum Gasteiger partial charge on any atom is 0.270 e. The van der Waals surface area contributed by atoms with E-state index in [0.717, 1.165) is 42.4 Å². The van der Waals surface area contributed by atoms with Gasteiger partial charge in [0.05, 0.1) is 4.92 Å². The predicted octanol–water partition coefficient (Wildman–Crippen LogP) is 3.73. The molecule has 1 spiro atoms. The van der Waals surface area contributed by atoms with Crippen molar-refractivity contribution in [3.8, 4) is 0 Å². The van der Waals surface area contributed by atoms with Gasteiger partial charge in [0.25, 0.3) is 5.69 Å². The van der Waals surface area contributed by atoms with Crippen molar-refractivity contribution < 1.29 is 9.66 Å². The lowest BCUT2D eigenvalue weighted by molar-refractivity contribution is -0.552. The van der Waals surface area contributed by atoms with E-state index in [1.807, 2.05) is 6.07 Å². The van der Waals surface area contributed by atoms with Crippen molar-refractivity contribution in [3.05, 3.63) is 44.6 Å². The van der Waals surface area contributed by atoms with Crippen LogP contribution < -0.4 is 0 Å². The topological polar surface area (TPSA) is 69.2 Å². The van der Waals surface area contributed by atoms with Gasteiger partial charge in [-0.3, -0.25) is 10.1 Å². The summed E-state index contributed by atoms with van der Waals surface area (Å²) in [5, 5.41) is 23.6. The third-order valence-corrected chi connectivity index (χ3v) is 5.01. The molecule has 0 saturated heterocycles. The summed E-state index contributed by atoms with van der Waals surface area (Å²) in [5.41, 5.74) is 1.48. The Kier molecular flexibility index (Phi) is 3.43. The SMILES string of the molecule is CC1CC2(CCCCC2)[N+]([O-])=Cc2cc([N+](=O)[O-])ccc21. The summed E-state index contributed by atoms with van der Waals surface area (Å²) < 4.78 is 1.10. The molecule has 0 bridgehead atoms. The van der Waals surface area contributed by atoms with Crippen LogP contribution in [0.1, 0.15) is 62.5 Å². The van der Waals surface area contributed by atoms with Gasteiger partial charge in [-0.2, -0.15) is 0 Å². The highest BCUT2D eigenvalue weighted by atomic mass is 16.6. The van der Waals surface area contributed by atoms with Crippen molar-refractivity contribution in [1.29, 1.82) is 0 Å². The van der Waals surface area contributed by atoms with Crippen LogP contribution in [0.3, 0.4) is 0 Å². The average molecular weight is 288 g/mol. The normalized spacial score (nSPS) is 24.0. The van der Waals surface area contributed by atoms with Crippen LogP contribution in [-0.2, 0) is 0 Å². The Morgan fingerprint density at radius 3 is 2.67 bits per heavy atom. The molecule has 0 amide bonds. The van der Waals surface area contributed by atoms with Gasteiger partial charge in [0.1, 0.15) is 0 Å². The van der Waals surface area contributed by atoms with Crippen molar-refractivity contribution >= 4 is 11.9 Å². The maximum atomic E-state index is 12.7. The third-order valence-electron chi connectivity index (χ3n) is 5.01. The summed E-state index contributed by atoms with van der Waals surface area (Å²) in [6.45, 7) is 2.12. The van der Waals surface area contributed by atoms with Crippen molar-refractivity contribution in [2.45, 2.75) is 56.9 Å². The van der Waals surface area contributed by atoms with Gasteiger partial charge in [0.2, 0.25) is 0 Å². The summed E-state index contributed by atoms with van der Waals surface area (Å²) in [6, 6.07) is 4.88. The second kappa shape index (κ2) is 5.13. The van der Waals surface area contributed by atoms with Crippen LogP contribution in [-0.4, -0.2) is 21.4 Å². The molecule has 1 atom stereocenters. The first-order valence-electron chi connectivity index (χ1n) is 7.61. The van der Waals surface area contributed by atoms with Gasteiger partial charge in [-0.25, -0.2) is 4.74 Å². The van der Waals surface area contributed by atoms with Gasteiger partial charge in [-0.1, -0.05) is 19.4 Å². The van der Waals surface area contributed by atoms with Crippen LogP contribution >= 0.6 is 0 Å². The molecule has 1 aliphatic heterocycles. The molecule has 3 rings (SSSR count). The molecule has 1 aromatic carbocycles. The van der Waals surface area contributed by atoms with Gasteiger partial charge in [0.15, 0.2) is 11.8 Å². The Morgan fingerprint density at radius 2 is 2.00 bits per heavy atom. The van der Waals surface area contributed by atoms with E-state index in [4.69, 9.17) is 0 Å². The van der Waals surface area contributed by atoms with Crippen molar-refractivity contribution in [3.63, 3.8) is 0 Å². The number of hydrogen-bond acceptors (Lipinski definition) is 3. The lowest BCUT2D eigenvalue weighted by atomic mass is 9.75. The highest BCUT2D eigenvalue weighted by molar-refractivity contribution is 5.80. The number of nitro benzene ring substituents is 1. The van der Waals surface area contributed by atoms with Crippen molar-refractivity contribution in [2.75, 3.05) is 0 Å². The summed E-state index contributed by atoms with van der Waals surface area (Å²) in [6.07, 6.45) is 7.64.